The van der Waals surface area contributed by atoms with Crippen molar-refractivity contribution in [1.29, 1.82) is 0 Å². The highest BCUT2D eigenvalue weighted by atomic mass is 32.2. The molecule has 0 aliphatic heterocycles. The van der Waals surface area contributed by atoms with Crippen LogP contribution < -0.4 is 4.72 Å². The topological polar surface area (TPSA) is 127 Å². The van der Waals surface area contributed by atoms with Gasteiger partial charge in [0.2, 0.25) is 10.0 Å². The van der Waals surface area contributed by atoms with Crippen LogP contribution in [0.2, 0.25) is 0 Å². The second kappa shape index (κ2) is 4.96. The summed E-state index contributed by atoms with van der Waals surface area (Å²) in [5, 5.41) is 18.9. The van der Waals surface area contributed by atoms with E-state index in [2.05, 4.69) is 0 Å². The Kier molecular flexibility index (Phi) is 3.81. The van der Waals surface area contributed by atoms with Gasteiger partial charge in [-0.1, -0.05) is 0 Å². The number of anilines is 1. The number of sulfonamides is 1. The van der Waals surface area contributed by atoms with Gasteiger partial charge in [0.15, 0.2) is 5.75 Å². The van der Waals surface area contributed by atoms with Crippen molar-refractivity contribution in [2.75, 3.05) is 10.5 Å². The minimum absolute atomic E-state index is 0.498. The summed E-state index contributed by atoms with van der Waals surface area (Å²) >= 11 is 0. The Hall–Kier alpha value is -2.23. The van der Waals surface area contributed by atoms with E-state index in [9.17, 15) is 27.7 Å². The lowest BCUT2D eigenvalue weighted by atomic mass is 10.3. The van der Waals surface area contributed by atoms with Crippen LogP contribution in [0.25, 0.3) is 0 Å². The van der Waals surface area contributed by atoms with Crippen LogP contribution in [0.5, 0.6) is 0 Å². The van der Waals surface area contributed by atoms with Gasteiger partial charge >= 0.3 is 5.97 Å². The number of nitrogens with zero attached hydrogens (tertiary/aromatic N) is 1. The van der Waals surface area contributed by atoms with E-state index in [-0.39, 0.29) is 0 Å². The minimum Gasteiger partial charge on any atom is -0.480 e. The van der Waals surface area contributed by atoms with Crippen LogP contribution in [-0.4, -0.2) is 30.2 Å². The molecule has 0 radical (unpaired) electrons. The highest BCUT2D eigenvalue weighted by Gasteiger charge is 2.21. The Labute approximate surface area is 100 Å². The van der Waals surface area contributed by atoms with Crippen molar-refractivity contribution in [3.63, 3.8) is 0 Å². The van der Waals surface area contributed by atoms with Crippen molar-refractivity contribution < 1.29 is 27.6 Å². The number of carboxylic acid groups (broad SMARTS) is 1. The van der Waals surface area contributed by atoms with Crippen LogP contribution in [-0.2, 0) is 14.8 Å². The summed E-state index contributed by atoms with van der Waals surface area (Å²) in [6.45, 7) is 0. The van der Waals surface area contributed by atoms with Crippen molar-refractivity contribution in [2.45, 2.75) is 0 Å². The van der Waals surface area contributed by atoms with Crippen LogP contribution in [0.4, 0.5) is 15.8 Å². The van der Waals surface area contributed by atoms with Crippen molar-refractivity contribution in [1.82, 2.24) is 0 Å². The number of hydrogen-bond acceptors (Lipinski definition) is 5. The lowest BCUT2D eigenvalue weighted by Crippen LogP contribution is -2.22. The van der Waals surface area contributed by atoms with Crippen LogP contribution in [0.3, 0.4) is 0 Å². The molecule has 0 aliphatic rings. The van der Waals surface area contributed by atoms with Gasteiger partial charge < -0.3 is 5.11 Å². The Morgan fingerprint density at radius 2 is 2.11 bits per heavy atom. The standard InChI is InChI=1S/C8H7FN2O6S/c9-5-1-2-6(7(3-5)11(14)15)10-18(16,17)4-8(12)13/h1-3,10H,4H2,(H,12,13). The van der Waals surface area contributed by atoms with Gasteiger partial charge in [-0.15, -0.1) is 0 Å². The monoisotopic (exact) mass is 278 g/mol. The number of nitro benzene ring substituents is 1. The van der Waals surface area contributed by atoms with Crippen molar-refractivity contribution in [2.24, 2.45) is 0 Å². The largest absolute Gasteiger partial charge is 0.480 e. The normalized spacial score (nSPS) is 10.9. The molecule has 10 heteroatoms. The summed E-state index contributed by atoms with van der Waals surface area (Å²) in [5.74, 6) is -3.78. The second-order valence-corrected chi connectivity index (χ2v) is 4.90. The van der Waals surface area contributed by atoms with E-state index in [4.69, 9.17) is 5.11 Å². The summed E-state index contributed by atoms with van der Waals surface area (Å²) in [4.78, 5) is 19.9. The molecule has 0 fully saturated rings. The van der Waals surface area contributed by atoms with E-state index in [0.29, 0.717) is 6.07 Å². The molecule has 0 unspecified atom stereocenters. The fraction of sp³-hybridized carbons (Fsp3) is 0.125. The van der Waals surface area contributed by atoms with Crippen LogP contribution in [0.1, 0.15) is 0 Å². The lowest BCUT2D eigenvalue weighted by molar-refractivity contribution is -0.384. The van der Waals surface area contributed by atoms with E-state index >= 15 is 0 Å². The molecule has 0 aliphatic carbocycles. The number of carbonyl (C=O) groups is 1. The van der Waals surface area contributed by atoms with Gasteiger partial charge in [0.25, 0.3) is 5.69 Å². The molecule has 0 spiro atoms. The van der Waals surface area contributed by atoms with Gasteiger partial charge in [-0.3, -0.25) is 19.6 Å². The minimum atomic E-state index is -4.28. The number of nitrogens with one attached hydrogen (secondary N) is 1. The number of hydrogen-bond donors (Lipinski definition) is 2. The van der Waals surface area contributed by atoms with Crippen LogP contribution in [0, 0.1) is 15.9 Å². The molecule has 0 saturated carbocycles. The van der Waals surface area contributed by atoms with Gasteiger partial charge in [0, 0.05) is 0 Å². The molecule has 2 N–H and O–H groups in total. The number of rotatable bonds is 5. The van der Waals surface area contributed by atoms with E-state index in [1.54, 1.807) is 4.72 Å². The zero-order valence-corrected chi connectivity index (χ0v) is 9.48. The molecule has 18 heavy (non-hydrogen) atoms. The Bertz CT molecular complexity index is 600. The molecule has 0 amide bonds. The molecular weight excluding hydrogens is 271 g/mol. The first-order chi connectivity index (χ1) is 8.21. The molecule has 0 saturated heterocycles. The number of carboxylic acids is 1. The molecular formula is C8H7FN2O6S. The van der Waals surface area contributed by atoms with Crippen molar-refractivity contribution >= 4 is 27.4 Å². The van der Waals surface area contributed by atoms with E-state index < -0.39 is 43.9 Å². The molecule has 0 aromatic heterocycles. The molecule has 0 bridgehead atoms. The summed E-state index contributed by atoms with van der Waals surface area (Å²) in [5.41, 5.74) is -1.30. The molecule has 1 rings (SSSR count). The van der Waals surface area contributed by atoms with Gasteiger partial charge in [-0.25, -0.2) is 12.8 Å². The first-order valence-corrected chi connectivity index (χ1v) is 6.03. The molecule has 98 valence electrons. The molecule has 0 heterocycles. The second-order valence-electron chi connectivity index (χ2n) is 3.17. The van der Waals surface area contributed by atoms with Gasteiger partial charge in [0.1, 0.15) is 11.5 Å². The third-order valence-electron chi connectivity index (χ3n) is 1.74. The van der Waals surface area contributed by atoms with E-state index in [1.165, 1.54) is 0 Å². The fourth-order valence-corrected chi connectivity index (χ4v) is 2.01. The van der Waals surface area contributed by atoms with Gasteiger partial charge in [-0.2, -0.15) is 0 Å². The fourth-order valence-electron chi connectivity index (χ4n) is 1.11. The third kappa shape index (κ3) is 3.66. The van der Waals surface area contributed by atoms with Gasteiger partial charge in [-0.05, 0) is 12.1 Å². The molecule has 1 aromatic carbocycles. The van der Waals surface area contributed by atoms with Crippen LogP contribution in [0.15, 0.2) is 18.2 Å². The maximum atomic E-state index is 12.8. The Morgan fingerprint density at radius 3 is 2.61 bits per heavy atom. The summed E-state index contributed by atoms with van der Waals surface area (Å²) < 4.78 is 37.0. The first-order valence-electron chi connectivity index (χ1n) is 4.37. The first kappa shape index (κ1) is 13.8. The zero-order chi connectivity index (χ0) is 13.9. The molecule has 0 atom stereocenters. The summed E-state index contributed by atoms with van der Waals surface area (Å²) in [6.07, 6.45) is 0. The predicted octanol–water partition coefficient (Wildman–Crippen LogP) is 0.560. The summed E-state index contributed by atoms with van der Waals surface area (Å²) in [7, 11) is -4.28. The number of aliphatic carboxylic acids is 1. The van der Waals surface area contributed by atoms with Gasteiger partial charge in [0.05, 0.1) is 11.0 Å². The maximum absolute atomic E-state index is 12.8. The SMILES string of the molecule is O=C(O)CS(=O)(=O)Nc1ccc(F)cc1[N+](=O)[O-]. The Morgan fingerprint density at radius 1 is 1.50 bits per heavy atom. The quantitative estimate of drug-likeness (QED) is 0.598. The van der Waals surface area contributed by atoms with Crippen molar-refractivity contribution in [3.8, 4) is 0 Å². The smallest absolute Gasteiger partial charge is 0.320 e. The Balaban J connectivity index is 3.12. The average Bonchev–Trinajstić information content (AvgIpc) is 2.18. The molecule has 8 nitrogen and oxygen atoms in total. The van der Waals surface area contributed by atoms with E-state index in [1.807, 2.05) is 0 Å². The highest BCUT2D eigenvalue weighted by molar-refractivity contribution is 7.93. The maximum Gasteiger partial charge on any atom is 0.320 e. The average molecular weight is 278 g/mol. The zero-order valence-electron chi connectivity index (χ0n) is 8.66. The lowest BCUT2D eigenvalue weighted by Gasteiger charge is -2.06. The number of nitro groups is 1. The predicted molar refractivity (Wildman–Crippen MR) is 58.1 cm³/mol. The third-order valence-corrected chi connectivity index (χ3v) is 2.89. The molecule has 1 aromatic rings. The van der Waals surface area contributed by atoms with E-state index in [0.717, 1.165) is 12.1 Å². The van der Waals surface area contributed by atoms with Crippen LogP contribution >= 0.6 is 0 Å². The van der Waals surface area contributed by atoms with Crippen molar-refractivity contribution in [3.05, 3.63) is 34.1 Å². The number of benzene rings is 1. The highest BCUT2D eigenvalue weighted by Crippen LogP contribution is 2.25. The number of halogens is 1. The summed E-state index contributed by atoms with van der Waals surface area (Å²) in [6, 6.07) is 2.18.